The molecule has 1 unspecified atom stereocenters. The van der Waals surface area contributed by atoms with Crippen molar-refractivity contribution in [2.45, 2.75) is 38.7 Å². The van der Waals surface area contributed by atoms with Crippen molar-refractivity contribution in [3.05, 3.63) is 89.4 Å². The molecule has 2 heterocycles. The number of carbonyl (C=O) groups is 1. The SMILES string of the molecule is C=CC(CCCCC)OC(=O)c1c(-c2ccccc2)cc(=O)n2ccccc12. The van der Waals surface area contributed by atoms with Crippen LogP contribution >= 0.6 is 0 Å². The van der Waals surface area contributed by atoms with E-state index in [-0.39, 0.29) is 11.7 Å². The molecule has 0 aliphatic rings. The number of fused-ring (bicyclic) bond motifs is 1. The molecular formula is C24H25NO3. The van der Waals surface area contributed by atoms with Crippen LogP contribution in [0.1, 0.15) is 43.0 Å². The molecule has 0 amide bonds. The minimum atomic E-state index is -0.441. The van der Waals surface area contributed by atoms with Gasteiger partial charge in [0.15, 0.2) is 0 Å². The van der Waals surface area contributed by atoms with Gasteiger partial charge in [0.1, 0.15) is 6.10 Å². The molecule has 4 heteroatoms. The van der Waals surface area contributed by atoms with Crippen molar-refractivity contribution in [2.24, 2.45) is 0 Å². The van der Waals surface area contributed by atoms with Gasteiger partial charge in [0.25, 0.3) is 5.56 Å². The second-order valence-electron chi connectivity index (χ2n) is 6.77. The van der Waals surface area contributed by atoms with Crippen molar-refractivity contribution in [3.63, 3.8) is 0 Å². The van der Waals surface area contributed by atoms with Crippen LogP contribution in [0.4, 0.5) is 0 Å². The molecule has 0 aliphatic carbocycles. The average Bonchev–Trinajstić information content (AvgIpc) is 2.73. The van der Waals surface area contributed by atoms with E-state index in [0.717, 1.165) is 31.2 Å². The van der Waals surface area contributed by atoms with Crippen LogP contribution in [-0.4, -0.2) is 16.5 Å². The number of aromatic nitrogens is 1. The fourth-order valence-electron chi connectivity index (χ4n) is 3.32. The molecule has 0 aliphatic heterocycles. The molecule has 1 atom stereocenters. The number of rotatable bonds is 8. The van der Waals surface area contributed by atoms with E-state index in [0.29, 0.717) is 16.6 Å². The Morgan fingerprint density at radius 1 is 1.14 bits per heavy atom. The number of hydrogen-bond donors (Lipinski definition) is 0. The van der Waals surface area contributed by atoms with Crippen LogP contribution in [0, 0.1) is 0 Å². The van der Waals surface area contributed by atoms with E-state index in [2.05, 4.69) is 13.5 Å². The van der Waals surface area contributed by atoms with E-state index in [4.69, 9.17) is 4.74 Å². The number of esters is 1. The van der Waals surface area contributed by atoms with E-state index in [1.807, 2.05) is 36.4 Å². The standard InChI is InChI=1S/C24H25NO3/c1-3-5-7-14-19(4-2)28-24(27)23-20(18-12-8-6-9-13-18)17-22(26)25-16-11-10-15-21(23)25/h4,6,8-13,15-17,19H,2-3,5,7,14H2,1H3. The molecule has 4 nitrogen and oxygen atoms in total. The van der Waals surface area contributed by atoms with Gasteiger partial charge in [-0.2, -0.15) is 0 Å². The number of ether oxygens (including phenoxy) is 1. The third-order valence-electron chi connectivity index (χ3n) is 4.79. The number of nitrogens with zero attached hydrogens (tertiary/aromatic N) is 1. The van der Waals surface area contributed by atoms with Crippen LogP contribution in [0.25, 0.3) is 16.6 Å². The van der Waals surface area contributed by atoms with Gasteiger partial charge in [-0.05, 0) is 30.5 Å². The van der Waals surface area contributed by atoms with E-state index in [1.54, 1.807) is 24.4 Å². The molecule has 0 spiro atoms. The lowest BCUT2D eigenvalue weighted by Crippen LogP contribution is -2.21. The Morgan fingerprint density at radius 2 is 1.89 bits per heavy atom. The normalized spacial score (nSPS) is 11.9. The summed E-state index contributed by atoms with van der Waals surface area (Å²) in [5.41, 5.74) is 2.13. The Balaban J connectivity index is 2.07. The number of benzene rings is 1. The zero-order valence-electron chi connectivity index (χ0n) is 16.1. The predicted molar refractivity (Wildman–Crippen MR) is 113 cm³/mol. The Morgan fingerprint density at radius 3 is 2.61 bits per heavy atom. The van der Waals surface area contributed by atoms with Gasteiger partial charge < -0.3 is 4.74 Å². The maximum Gasteiger partial charge on any atom is 0.341 e. The first kappa shape index (κ1) is 19.6. The summed E-state index contributed by atoms with van der Waals surface area (Å²) < 4.78 is 7.25. The highest BCUT2D eigenvalue weighted by Crippen LogP contribution is 2.27. The largest absolute Gasteiger partial charge is 0.454 e. The first-order valence-electron chi connectivity index (χ1n) is 9.69. The van der Waals surface area contributed by atoms with E-state index >= 15 is 0 Å². The van der Waals surface area contributed by atoms with Gasteiger partial charge in [-0.15, -0.1) is 0 Å². The Hall–Kier alpha value is -3.14. The molecule has 1 aromatic carbocycles. The third kappa shape index (κ3) is 4.22. The highest BCUT2D eigenvalue weighted by molar-refractivity contribution is 6.04. The fraction of sp³-hybridized carbons (Fsp3) is 0.250. The van der Waals surface area contributed by atoms with Gasteiger partial charge in [0.05, 0.1) is 11.1 Å². The Labute approximate surface area is 165 Å². The van der Waals surface area contributed by atoms with Gasteiger partial charge >= 0.3 is 5.97 Å². The molecule has 0 N–H and O–H groups in total. The maximum absolute atomic E-state index is 13.2. The molecular weight excluding hydrogens is 350 g/mol. The number of pyridine rings is 2. The molecule has 144 valence electrons. The maximum atomic E-state index is 13.2. The van der Waals surface area contributed by atoms with Crippen molar-refractivity contribution in [1.29, 1.82) is 0 Å². The summed E-state index contributed by atoms with van der Waals surface area (Å²) in [6.45, 7) is 5.94. The van der Waals surface area contributed by atoms with E-state index in [1.165, 1.54) is 10.5 Å². The quantitative estimate of drug-likeness (QED) is 0.307. The number of unbranched alkanes of at least 4 members (excludes halogenated alkanes) is 2. The van der Waals surface area contributed by atoms with Gasteiger partial charge in [-0.3, -0.25) is 9.20 Å². The molecule has 0 saturated heterocycles. The highest BCUT2D eigenvalue weighted by Gasteiger charge is 2.22. The zero-order valence-corrected chi connectivity index (χ0v) is 16.1. The van der Waals surface area contributed by atoms with Crippen LogP contribution in [0.5, 0.6) is 0 Å². The lowest BCUT2D eigenvalue weighted by atomic mass is 9.99. The average molecular weight is 375 g/mol. The van der Waals surface area contributed by atoms with E-state index in [9.17, 15) is 9.59 Å². The molecule has 3 aromatic rings. The predicted octanol–water partition coefficient (Wildman–Crippen LogP) is 5.26. The van der Waals surface area contributed by atoms with Gasteiger partial charge in [-0.25, -0.2) is 4.79 Å². The Bertz CT molecular complexity index is 1020. The summed E-state index contributed by atoms with van der Waals surface area (Å²) in [5.74, 6) is -0.441. The smallest absolute Gasteiger partial charge is 0.341 e. The van der Waals surface area contributed by atoms with Gasteiger partial charge in [0.2, 0.25) is 0 Å². The first-order valence-corrected chi connectivity index (χ1v) is 9.69. The second-order valence-corrected chi connectivity index (χ2v) is 6.77. The summed E-state index contributed by atoms with van der Waals surface area (Å²) in [6, 6.07) is 16.3. The summed E-state index contributed by atoms with van der Waals surface area (Å²) in [7, 11) is 0. The van der Waals surface area contributed by atoms with Crippen molar-refractivity contribution >= 4 is 11.5 Å². The second kappa shape index (κ2) is 9.18. The fourth-order valence-corrected chi connectivity index (χ4v) is 3.32. The summed E-state index contributed by atoms with van der Waals surface area (Å²) >= 11 is 0. The number of carbonyl (C=O) groups excluding carboxylic acids is 1. The topological polar surface area (TPSA) is 47.8 Å². The van der Waals surface area contributed by atoms with Crippen molar-refractivity contribution in [2.75, 3.05) is 0 Å². The van der Waals surface area contributed by atoms with Crippen LogP contribution in [0.15, 0.2) is 78.2 Å². The highest BCUT2D eigenvalue weighted by atomic mass is 16.5. The lowest BCUT2D eigenvalue weighted by Gasteiger charge is -2.17. The molecule has 0 saturated carbocycles. The molecule has 0 bridgehead atoms. The van der Waals surface area contributed by atoms with Crippen LogP contribution in [0.3, 0.4) is 0 Å². The monoisotopic (exact) mass is 375 g/mol. The minimum absolute atomic E-state index is 0.186. The van der Waals surface area contributed by atoms with Crippen molar-refractivity contribution in [3.8, 4) is 11.1 Å². The van der Waals surface area contributed by atoms with Crippen LogP contribution < -0.4 is 5.56 Å². The molecule has 2 aromatic heterocycles. The summed E-state index contributed by atoms with van der Waals surface area (Å²) in [6.07, 6.45) is 6.89. The van der Waals surface area contributed by atoms with Crippen molar-refractivity contribution < 1.29 is 9.53 Å². The van der Waals surface area contributed by atoms with Gasteiger partial charge in [0, 0.05) is 17.8 Å². The van der Waals surface area contributed by atoms with Crippen LogP contribution in [0.2, 0.25) is 0 Å². The molecule has 0 radical (unpaired) electrons. The van der Waals surface area contributed by atoms with Crippen molar-refractivity contribution in [1.82, 2.24) is 4.40 Å². The van der Waals surface area contributed by atoms with Gasteiger partial charge in [-0.1, -0.05) is 68.8 Å². The van der Waals surface area contributed by atoms with E-state index < -0.39 is 5.97 Å². The third-order valence-corrected chi connectivity index (χ3v) is 4.79. The summed E-state index contributed by atoms with van der Waals surface area (Å²) in [5, 5.41) is 0. The molecule has 28 heavy (non-hydrogen) atoms. The first-order chi connectivity index (χ1) is 13.7. The summed E-state index contributed by atoms with van der Waals surface area (Å²) in [4.78, 5) is 25.8. The molecule has 3 rings (SSSR count). The Kier molecular flexibility index (Phi) is 6.43. The number of hydrogen-bond acceptors (Lipinski definition) is 3. The lowest BCUT2D eigenvalue weighted by molar-refractivity contribution is 0.0379. The van der Waals surface area contributed by atoms with Crippen LogP contribution in [-0.2, 0) is 4.74 Å². The molecule has 0 fully saturated rings. The zero-order chi connectivity index (χ0) is 19.9. The minimum Gasteiger partial charge on any atom is -0.454 e.